The SMILES string of the molecule is O=C(CSc1c2c(nc3ccc(Cl)cc13)CCCC2)NCCN1CCOCC1. The van der Waals surface area contributed by atoms with Gasteiger partial charge in [-0.2, -0.15) is 0 Å². The summed E-state index contributed by atoms with van der Waals surface area (Å²) in [6.07, 6.45) is 4.42. The van der Waals surface area contributed by atoms with Crippen LogP contribution in [0, 0.1) is 0 Å². The van der Waals surface area contributed by atoms with Gasteiger partial charge in [-0.15, -0.1) is 11.8 Å². The van der Waals surface area contributed by atoms with Crippen molar-refractivity contribution < 1.29 is 9.53 Å². The number of hydrogen-bond acceptors (Lipinski definition) is 5. The number of pyridine rings is 1. The molecule has 2 heterocycles. The first kappa shape index (κ1) is 20.0. The van der Waals surface area contributed by atoms with Gasteiger partial charge < -0.3 is 10.1 Å². The Morgan fingerprint density at radius 1 is 1.25 bits per heavy atom. The number of aryl methyl sites for hydroxylation is 1. The lowest BCUT2D eigenvalue weighted by atomic mass is 9.94. The molecule has 0 radical (unpaired) electrons. The Labute approximate surface area is 175 Å². The lowest BCUT2D eigenvalue weighted by Gasteiger charge is -2.26. The summed E-state index contributed by atoms with van der Waals surface area (Å²) in [5.74, 6) is 0.496. The monoisotopic (exact) mass is 419 g/mol. The molecule has 1 aliphatic heterocycles. The first-order chi connectivity index (χ1) is 13.7. The van der Waals surface area contributed by atoms with Crippen LogP contribution in [0.5, 0.6) is 0 Å². The average Bonchev–Trinajstić information content (AvgIpc) is 2.72. The van der Waals surface area contributed by atoms with Crippen LogP contribution in [0.1, 0.15) is 24.1 Å². The number of nitrogens with zero attached hydrogens (tertiary/aromatic N) is 2. The molecule has 0 atom stereocenters. The number of morpholine rings is 1. The third-order valence-corrected chi connectivity index (χ3v) is 6.77. The number of carbonyl (C=O) groups is 1. The maximum Gasteiger partial charge on any atom is 0.230 e. The summed E-state index contributed by atoms with van der Waals surface area (Å²) >= 11 is 7.87. The zero-order valence-electron chi connectivity index (χ0n) is 16.0. The Kier molecular flexibility index (Phi) is 6.73. The van der Waals surface area contributed by atoms with Crippen molar-refractivity contribution in [2.24, 2.45) is 0 Å². The van der Waals surface area contributed by atoms with Crippen molar-refractivity contribution in [3.63, 3.8) is 0 Å². The van der Waals surface area contributed by atoms with E-state index in [1.807, 2.05) is 18.2 Å². The second kappa shape index (κ2) is 9.44. The maximum absolute atomic E-state index is 12.4. The van der Waals surface area contributed by atoms with E-state index in [-0.39, 0.29) is 5.91 Å². The van der Waals surface area contributed by atoms with Crippen molar-refractivity contribution in [2.75, 3.05) is 45.1 Å². The summed E-state index contributed by atoms with van der Waals surface area (Å²) in [4.78, 5) is 20.8. The van der Waals surface area contributed by atoms with E-state index in [0.29, 0.717) is 17.3 Å². The molecule has 150 valence electrons. The standard InChI is InChI=1S/C21H26ClN3O2S/c22-15-5-6-19-17(13-15)21(16-3-1-2-4-18(16)24-19)28-14-20(26)23-7-8-25-9-11-27-12-10-25/h5-6,13H,1-4,7-12,14H2,(H,23,26). The highest BCUT2D eigenvalue weighted by molar-refractivity contribution is 8.00. The van der Waals surface area contributed by atoms with Crippen molar-refractivity contribution in [1.82, 2.24) is 15.2 Å². The van der Waals surface area contributed by atoms with Gasteiger partial charge >= 0.3 is 0 Å². The van der Waals surface area contributed by atoms with Crippen LogP contribution in [-0.4, -0.2) is 60.9 Å². The molecule has 5 nitrogen and oxygen atoms in total. The number of nitrogens with one attached hydrogen (secondary N) is 1. The van der Waals surface area contributed by atoms with Crippen molar-refractivity contribution in [3.8, 4) is 0 Å². The molecule has 1 saturated heterocycles. The number of amides is 1. The molecule has 7 heteroatoms. The molecule has 0 unspecified atom stereocenters. The van der Waals surface area contributed by atoms with Crippen molar-refractivity contribution in [3.05, 3.63) is 34.5 Å². The van der Waals surface area contributed by atoms with Gasteiger partial charge in [0.15, 0.2) is 0 Å². The zero-order valence-corrected chi connectivity index (χ0v) is 17.6. The molecule has 0 spiro atoms. The van der Waals surface area contributed by atoms with E-state index in [2.05, 4.69) is 10.2 Å². The van der Waals surface area contributed by atoms with Gasteiger partial charge in [-0.05, 0) is 49.4 Å². The predicted octanol–water partition coefficient (Wildman–Crippen LogP) is 3.31. The summed E-state index contributed by atoms with van der Waals surface area (Å²) in [6.45, 7) is 5.02. The van der Waals surface area contributed by atoms with Gasteiger partial charge in [0.2, 0.25) is 5.91 Å². The van der Waals surface area contributed by atoms with E-state index in [1.54, 1.807) is 11.8 Å². The molecule has 1 aromatic carbocycles. The number of aromatic nitrogens is 1. The Morgan fingerprint density at radius 2 is 2.07 bits per heavy atom. The van der Waals surface area contributed by atoms with Crippen LogP contribution in [0.2, 0.25) is 5.02 Å². The van der Waals surface area contributed by atoms with E-state index in [4.69, 9.17) is 21.3 Å². The topological polar surface area (TPSA) is 54.5 Å². The van der Waals surface area contributed by atoms with Gasteiger partial charge in [0, 0.05) is 47.2 Å². The van der Waals surface area contributed by atoms with Crippen LogP contribution in [0.25, 0.3) is 10.9 Å². The molecule has 0 bridgehead atoms. The summed E-state index contributed by atoms with van der Waals surface area (Å²) < 4.78 is 5.36. The Morgan fingerprint density at radius 3 is 2.93 bits per heavy atom. The first-order valence-electron chi connectivity index (χ1n) is 10.0. The Hall–Kier alpha value is -1.34. The normalized spacial score (nSPS) is 17.5. The smallest absolute Gasteiger partial charge is 0.230 e. The van der Waals surface area contributed by atoms with E-state index < -0.39 is 0 Å². The molecule has 2 aliphatic rings. The van der Waals surface area contributed by atoms with E-state index in [0.717, 1.165) is 56.6 Å². The van der Waals surface area contributed by atoms with E-state index >= 15 is 0 Å². The molecule has 1 N–H and O–H groups in total. The average molecular weight is 420 g/mol. The molecular formula is C21H26ClN3O2S. The third kappa shape index (κ3) is 4.79. The minimum absolute atomic E-state index is 0.0785. The maximum atomic E-state index is 12.4. The lowest BCUT2D eigenvalue weighted by Crippen LogP contribution is -2.41. The van der Waals surface area contributed by atoms with Crippen LogP contribution in [0.3, 0.4) is 0 Å². The van der Waals surface area contributed by atoms with E-state index in [9.17, 15) is 4.79 Å². The van der Waals surface area contributed by atoms with Gasteiger partial charge in [0.05, 0.1) is 24.5 Å². The van der Waals surface area contributed by atoms with Gasteiger partial charge in [-0.25, -0.2) is 0 Å². The minimum Gasteiger partial charge on any atom is -0.379 e. The summed E-state index contributed by atoms with van der Waals surface area (Å²) in [7, 11) is 0. The molecule has 1 aliphatic carbocycles. The number of rotatable bonds is 6. The minimum atomic E-state index is 0.0785. The molecule has 4 rings (SSSR count). The summed E-state index contributed by atoms with van der Waals surface area (Å²) in [5, 5.41) is 4.83. The van der Waals surface area contributed by atoms with Crippen molar-refractivity contribution >= 4 is 40.2 Å². The molecule has 1 fully saturated rings. The Balaban J connectivity index is 1.42. The van der Waals surface area contributed by atoms with Crippen LogP contribution in [0.15, 0.2) is 23.1 Å². The highest BCUT2D eigenvalue weighted by atomic mass is 35.5. The van der Waals surface area contributed by atoms with Gasteiger partial charge in [0.1, 0.15) is 0 Å². The second-order valence-corrected chi connectivity index (χ2v) is 8.75. The largest absolute Gasteiger partial charge is 0.379 e. The van der Waals surface area contributed by atoms with Gasteiger partial charge in [-0.3, -0.25) is 14.7 Å². The number of carbonyl (C=O) groups excluding carboxylic acids is 1. The Bertz CT molecular complexity index is 855. The molecule has 1 amide bonds. The number of ether oxygens (including phenoxy) is 1. The lowest BCUT2D eigenvalue weighted by molar-refractivity contribution is -0.118. The van der Waals surface area contributed by atoms with Crippen LogP contribution >= 0.6 is 23.4 Å². The van der Waals surface area contributed by atoms with Crippen LogP contribution in [-0.2, 0) is 22.4 Å². The zero-order chi connectivity index (χ0) is 19.3. The molecule has 0 saturated carbocycles. The highest BCUT2D eigenvalue weighted by Crippen LogP contribution is 2.36. The number of benzene rings is 1. The van der Waals surface area contributed by atoms with E-state index in [1.165, 1.54) is 29.0 Å². The fraction of sp³-hybridized carbons (Fsp3) is 0.524. The van der Waals surface area contributed by atoms with Crippen molar-refractivity contribution in [2.45, 2.75) is 30.6 Å². The summed E-state index contributed by atoms with van der Waals surface area (Å²) in [6, 6.07) is 5.86. The predicted molar refractivity (Wildman–Crippen MR) is 114 cm³/mol. The molecule has 2 aromatic rings. The second-order valence-electron chi connectivity index (χ2n) is 7.33. The fourth-order valence-electron chi connectivity index (χ4n) is 3.88. The van der Waals surface area contributed by atoms with Crippen LogP contribution < -0.4 is 5.32 Å². The molecule has 28 heavy (non-hydrogen) atoms. The van der Waals surface area contributed by atoms with Gasteiger partial charge in [0.25, 0.3) is 0 Å². The van der Waals surface area contributed by atoms with Crippen molar-refractivity contribution in [1.29, 1.82) is 0 Å². The summed E-state index contributed by atoms with van der Waals surface area (Å²) in [5.41, 5.74) is 3.48. The first-order valence-corrected chi connectivity index (χ1v) is 11.4. The quantitative estimate of drug-likeness (QED) is 0.728. The van der Waals surface area contributed by atoms with Crippen LogP contribution in [0.4, 0.5) is 0 Å². The third-order valence-electron chi connectivity index (χ3n) is 5.37. The molecular weight excluding hydrogens is 394 g/mol. The number of hydrogen-bond donors (Lipinski definition) is 1. The fourth-order valence-corrected chi connectivity index (χ4v) is 5.15. The number of thioether (sulfide) groups is 1. The highest BCUT2D eigenvalue weighted by Gasteiger charge is 2.19. The number of fused-ring (bicyclic) bond motifs is 2. The van der Waals surface area contributed by atoms with Gasteiger partial charge in [-0.1, -0.05) is 11.6 Å². The number of halogens is 1. The molecule has 1 aromatic heterocycles.